The summed E-state index contributed by atoms with van der Waals surface area (Å²) in [5, 5.41) is 9.69. The van der Waals surface area contributed by atoms with Gasteiger partial charge in [-0.1, -0.05) is 11.6 Å². The summed E-state index contributed by atoms with van der Waals surface area (Å²) in [7, 11) is 3.44. The fourth-order valence-corrected chi connectivity index (χ4v) is 1.23. The number of rotatable bonds is 1. The van der Waals surface area contributed by atoms with Crippen LogP contribution in [-0.2, 0) is 0 Å². The topological polar surface area (TPSA) is 55.4 Å². The van der Waals surface area contributed by atoms with Gasteiger partial charge in [-0.2, -0.15) is 4.52 Å². The molecule has 2 rings (SSSR count). The minimum atomic E-state index is -0.340. The number of hydrogen-bond donors (Lipinski definition) is 0. The first-order valence-electron chi connectivity index (χ1n) is 3.92. The van der Waals surface area contributed by atoms with E-state index in [1.54, 1.807) is 31.2 Å². The fraction of sp³-hybridized carbons (Fsp3) is 0.286. The molecule has 2 aromatic heterocycles. The zero-order valence-corrected chi connectivity index (χ0v) is 8.43. The van der Waals surface area contributed by atoms with Crippen molar-refractivity contribution >= 4 is 17.2 Å². The first kappa shape index (κ1) is 9.01. The van der Waals surface area contributed by atoms with E-state index in [1.165, 1.54) is 4.79 Å². The molecule has 0 bridgehead atoms. The summed E-state index contributed by atoms with van der Waals surface area (Å²) in [6.45, 7) is 0. The molecule has 74 valence electrons. The number of nitrogens with zero attached hydrogens (tertiary/aromatic N) is 5. The Balaban J connectivity index is 2.81. The zero-order valence-electron chi connectivity index (χ0n) is 7.68. The Labute approximate surface area is 84.3 Å². The largest absolute Gasteiger partial charge is 0.386 e. The fourth-order valence-electron chi connectivity index (χ4n) is 1.10. The van der Waals surface area contributed by atoms with Crippen molar-refractivity contribution in [2.45, 2.75) is 0 Å². The Kier molecular flexibility index (Phi) is 1.92. The summed E-state index contributed by atoms with van der Waals surface area (Å²) in [6, 6.07) is 3.22. The third-order valence-corrected chi connectivity index (χ3v) is 1.91. The number of halogens is 1. The van der Waals surface area contributed by atoms with Crippen LogP contribution < -0.4 is 10.7 Å². The first-order chi connectivity index (χ1) is 6.59. The summed E-state index contributed by atoms with van der Waals surface area (Å²) < 4.78 is 1.16. The second-order valence-electron chi connectivity index (χ2n) is 2.95. The monoisotopic (exact) mass is 213 g/mol. The van der Waals surface area contributed by atoms with E-state index in [-0.39, 0.29) is 10.8 Å². The molecule has 0 radical (unpaired) electrons. The van der Waals surface area contributed by atoms with Crippen molar-refractivity contribution in [2.75, 3.05) is 19.1 Å². The molecule has 0 aromatic carbocycles. The summed E-state index contributed by atoms with van der Waals surface area (Å²) in [6.07, 6.45) is 0. The maximum atomic E-state index is 11.6. The Hall–Kier alpha value is -1.56. The molecule has 0 aliphatic carbocycles. The second-order valence-corrected chi connectivity index (χ2v) is 3.33. The molecule has 2 heterocycles. The Morgan fingerprint density at radius 3 is 2.71 bits per heavy atom. The summed E-state index contributed by atoms with van der Waals surface area (Å²) >= 11 is 5.66. The van der Waals surface area contributed by atoms with E-state index in [9.17, 15) is 4.79 Å². The minimum Gasteiger partial charge on any atom is -0.298 e. The van der Waals surface area contributed by atoms with Gasteiger partial charge in [0.2, 0.25) is 0 Å². The van der Waals surface area contributed by atoms with Crippen molar-refractivity contribution in [3.63, 3.8) is 0 Å². The third kappa shape index (κ3) is 1.24. The van der Waals surface area contributed by atoms with Gasteiger partial charge in [0.15, 0.2) is 5.65 Å². The molecule has 0 N–H and O–H groups in total. The van der Waals surface area contributed by atoms with Crippen LogP contribution in [0.2, 0.25) is 5.15 Å². The van der Waals surface area contributed by atoms with Crippen LogP contribution in [0.1, 0.15) is 0 Å². The highest BCUT2D eigenvalue weighted by Crippen LogP contribution is 2.02. The SMILES string of the molecule is CN(C)n1nc2ccc(Cl)nn2c1=O. The molecule has 7 heteroatoms. The summed E-state index contributed by atoms with van der Waals surface area (Å²) in [4.78, 5) is 12.8. The van der Waals surface area contributed by atoms with Gasteiger partial charge in [-0.05, 0) is 12.1 Å². The highest BCUT2D eigenvalue weighted by Gasteiger charge is 2.08. The lowest BCUT2D eigenvalue weighted by Crippen LogP contribution is -2.36. The van der Waals surface area contributed by atoms with Crippen molar-refractivity contribution < 1.29 is 0 Å². The molecule has 14 heavy (non-hydrogen) atoms. The van der Waals surface area contributed by atoms with Crippen molar-refractivity contribution in [3.8, 4) is 0 Å². The van der Waals surface area contributed by atoms with Crippen LogP contribution in [0.4, 0.5) is 0 Å². The van der Waals surface area contributed by atoms with E-state index < -0.39 is 0 Å². The van der Waals surface area contributed by atoms with Crippen molar-refractivity contribution in [1.29, 1.82) is 0 Å². The molecule has 0 unspecified atom stereocenters. The minimum absolute atomic E-state index is 0.262. The zero-order chi connectivity index (χ0) is 10.3. The average Bonchev–Trinajstić information content (AvgIpc) is 2.44. The van der Waals surface area contributed by atoms with Crippen molar-refractivity contribution in [3.05, 3.63) is 27.8 Å². The van der Waals surface area contributed by atoms with E-state index in [2.05, 4.69) is 10.2 Å². The van der Waals surface area contributed by atoms with Gasteiger partial charge in [-0.25, -0.2) is 4.79 Å². The molecule has 0 spiro atoms. The Bertz CT molecular complexity index is 528. The van der Waals surface area contributed by atoms with E-state index >= 15 is 0 Å². The summed E-state index contributed by atoms with van der Waals surface area (Å²) in [5.41, 5.74) is 0.126. The molecule has 0 aliphatic rings. The lowest BCUT2D eigenvalue weighted by molar-refractivity contribution is 0.609. The number of hydrogen-bond acceptors (Lipinski definition) is 4. The van der Waals surface area contributed by atoms with Crippen LogP contribution in [0.15, 0.2) is 16.9 Å². The van der Waals surface area contributed by atoms with Crippen LogP contribution >= 0.6 is 11.6 Å². The molecular weight excluding hydrogens is 206 g/mol. The van der Waals surface area contributed by atoms with Crippen LogP contribution in [0.25, 0.3) is 5.65 Å². The van der Waals surface area contributed by atoms with Crippen LogP contribution in [0.5, 0.6) is 0 Å². The second kappa shape index (κ2) is 2.98. The van der Waals surface area contributed by atoms with Gasteiger partial charge in [0.25, 0.3) is 0 Å². The molecule has 0 aliphatic heterocycles. The van der Waals surface area contributed by atoms with Gasteiger partial charge in [0.1, 0.15) is 5.15 Å². The van der Waals surface area contributed by atoms with Gasteiger partial charge < -0.3 is 0 Å². The van der Waals surface area contributed by atoms with Crippen LogP contribution in [-0.4, -0.2) is 33.6 Å². The maximum Gasteiger partial charge on any atom is 0.386 e. The first-order valence-corrected chi connectivity index (χ1v) is 4.29. The molecule has 0 atom stereocenters. The molecule has 0 fully saturated rings. The number of aromatic nitrogens is 4. The maximum absolute atomic E-state index is 11.6. The highest BCUT2D eigenvalue weighted by atomic mass is 35.5. The normalized spacial score (nSPS) is 10.8. The highest BCUT2D eigenvalue weighted by molar-refractivity contribution is 6.29. The smallest absolute Gasteiger partial charge is 0.298 e. The van der Waals surface area contributed by atoms with Gasteiger partial charge in [0, 0.05) is 14.1 Å². The lowest BCUT2D eigenvalue weighted by atomic mass is 10.6. The number of fused-ring (bicyclic) bond motifs is 1. The molecule has 0 amide bonds. The Morgan fingerprint density at radius 2 is 2.07 bits per heavy atom. The molecular formula is C7H8ClN5O. The molecule has 0 saturated carbocycles. The van der Waals surface area contributed by atoms with Crippen molar-refractivity contribution in [2.24, 2.45) is 0 Å². The predicted molar refractivity (Wildman–Crippen MR) is 52.3 cm³/mol. The lowest BCUT2D eigenvalue weighted by Gasteiger charge is -2.07. The van der Waals surface area contributed by atoms with Gasteiger partial charge in [-0.15, -0.1) is 15.0 Å². The Morgan fingerprint density at radius 1 is 1.36 bits per heavy atom. The standard InChI is InChI=1S/C7H8ClN5O/c1-11(2)13-7(14)12-6(10-13)4-3-5(8)9-12/h3-4H,1-2H3. The van der Waals surface area contributed by atoms with Gasteiger partial charge >= 0.3 is 5.69 Å². The molecule has 6 nitrogen and oxygen atoms in total. The quantitative estimate of drug-likeness (QED) is 0.655. The van der Waals surface area contributed by atoms with E-state index in [1.807, 2.05) is 0 Å². The van der Waals surface area contributed by atoms with Gasteiger partial charge in [0.05, 0.1) is 0 Å². The summed E-state index contributed by atoms with van der Waals surface area (Å²) in [5.74, 6) is 0. The van der Waals surface area contributed by atoms with Crippen LogP contribution in [0.3, 0.4) is 0 Å². The predicted octanol–water partition coefficient (Wildman–Crippen LogP) is -0.258. The third-order valence-electron chi connectivity index (χ3n) is 1.71. The molecule has 2 aromatic rings. The van der Waals surface area contributed by atoms with E-state index in [0.717, 1.165) is 4.52 Å². The average molecular weight is 214 g/mol. The van der Waals surface area contributed by atoms with E-state index in [0.29, 0.717) is 5.65 Å². The van der Waals surface area contributed by atoms with Crippen molar-refractivity contribution in [1.82, 2.24) is 19.5 Å². The van der Waals surface area contributed by atoms with Crippen LogP contribution in [0, 0.1) is 0 Å². The van der Waals surface area contributed by atoms with Gasteiger partial charge in [-0.3, -0.25) is 5.01 Å². The molecule has 0 saturated heterocycles. The van der Waals surface area contributed by atoms with E-state index in [4.69, 9.17) is 11.6 Å².